The van der Waals surface area contributed by atoms with Gasteiger partial charge in [-0.2, -0.15) is 0 Å². The molecule has 4 heteroatoms. The molecule has 2 heterocycles. The van der Waals surface area contributed by atoms with E-state index in [9.17, 15) is 5.11 Å². The van der Waals surface area contributed by atoms with Gasteiger partial charge in [-0.25, -0.2) is 0 Å². The van der Waals surface area contributed by atoms with Crippen molar-refractivity contribution in [3.05, 3.63) is 49.6 Å². The van der Waals surface area contributed by atoms with Crippen molar-refractivity contribution in [2.45, 2.75) is 32.3 Å². The van der Waals surface area contributed by atoms with Crippen molar-refractivity contribution >= 4 is 27.3 Å². The number of aliphatic hydroxyl groups is 1. The summed E-state index contributed by atoms with van der Waals surface area (Å²) in [5.74, 6) is 1.02. The fourth-order valence-electron chi connectivity index (χ4n) is 2.49. The number of ether oxygens (including phenoxy) is 1. The number of thiophene rings is 1. The van der Waals surface area contributed by atoms with E-state index in [0.29, 0.717) is 0 Å². The Labute approximate surface area is 131 Å². The molecule has 0 radical (unpaired) electrons. The van der Waals surface area contributed by atoms with Crippen LogP contribution in [0.2, 0.25) is 0 Å². The molecule has 106 valence electrons. The lowest BCUT2D eigenvalue weighted by atomic mass is 10.0. The van der Waals surface area contributed by atoms with E-state index < -0.39 is 0 Å². The largest absolute Gasteiger partial charge is 0.493 e. The highest BCUT2D eigenvalue weighted by atomic mass is 79.9. The molecule has 20 heavy (non-hydrogen) atoms. The number of aryl methyl sites for hydroxylation is 2. The van der Waals surface area contributed by atoms with E-state index in [2.05, 4.69) is 41.1 Å². The topological polar surface area (TPSA) is 29.5 Å². The predicted octanol–water partition coefficient (Wildman–Crippen LogP) is 4.42. The molecule has 3 rings (SSSR count). The molecular weight excluding hydrogens is 336 g/mol. The summed E-state index contributed by atoms with van der Waals surface area (Å²) in [6, 6.07) is 8.40. The summed E-state index contributed by atoms with van der Waals surface area (Å²) >= 11 is 5.16. The lowest BCUT2D eigenvalue weighted by Gasteiger charge is -2.09. The summed E-state index contributed by atoms with van der Waals surface area (Å²) in [4.78, 5) is 2.26. The first-order valence-corrected chi connectivity index (χ1v) is 8.43. The van der Waals surface area contributed by atoms with Crippen LogP contribution in [-0.4, -0.2) is 11.7 Å². The molecule has 0 fully saturated rings. The van der Waals surface area contributed by atoms with Gasteiger partial charge in [0, 0.05) is 20.6 Å². The number of benzene rings is 1. The summed E-state index contributed by atoms with van der Waals surface area (Å²) in [6.07, 6.45) is 2.27. The van der Waals surface area contributed by atoms with E-state index in [-0.39, 0.29) is 6.10 Å². The minimum absolute atomic E-state index is 0.380. The number of halogens is 1. The monoisotopic (exact) mass is 352 g/mol. The van der Waals surface area contributed by atoms with Gasteiger partial charge in [0.05, 0.1) is 12.7 Å². The zero-order valence-corrected chi connectivity index (χ0v) is 13.8. The van der Waals surface area contributed by atoms with Gasteiger partial charge in [0.25, 0.3) is 0 Å². The van der Waals surface area contributed by atoms with Crippen molar-refractivity contribution < 1.29 is 9.84 Å². The fraction of sp³-hybridized carbons (Fsp3) is 0.375. The van der Waals surface area contributed by atoms with Gasteiger partial charge < -0.3 is 9.84 Å². The second kappa shape index (κ2) is 5.88. The first-order valence-electron chi connectivity index (χ1n) is 6.82. The Hall–Kier alpha value is -0.840. The van der Waals surface area contributed by atoms with Crippen LogP contribution in [-0.2, 0) is 12.8 Å². The van der Waals surface area contributed by atoms with Gasteiger partial charge in [0.1, 0.15) is 5.75 Å². The lowest BCUT2D eigenvalue weighted by molar-refractivity contribution is 0.171. The van der Waals surface area contributed by atoms with Crippen LogP contribution in [0.1, 0.15) is 33.4 Å². The molecule has 1 N–H and O–H groups in total. The molecule has 2 nitrogen and oxygen atoms in total. The molecule has 1 unspecified atom stereocenters. The van der Waals surface area contributed by atoms with Crippen LogP contribution >= 0.6 is 27.3 Å². The maximum atomic E-state index is 10.3. The summed E-state index contributed by atoms with van der Waals surface area (Å²) < 4.78 is 6.60. The minimum Gasteiger partial charge on any atom is -0.493 e. The average Bonchev–Trinajstić information content (AvgIpc) is 3.03. The Balaban J connectivity index is 1.64. The molecule has 1 atom stereocenters. The summed E-state index contributed by atoms with van der Waals surface area (Å²) in [5, 5.41) is 10.3. The van der Waals surface area contributed by atoms with Crippen molar-refractivity contribution in [3.8, 4) is 5.75 Å². The zero-order chi connectivity index (χ0) is 14.1. The van der Waals surface area contributed by atoms with Crippen molar-refractivity contribution in [3.63, 3.8) is 0 Å². The van der Waals surface area contributed by atoms with Gasteiger partial charge in [-0.1, -0.05) is 12.1 Å². The highest BCUT2D eigenvalue weighted by molar-refractivity contribution is 9.10. The van der Waals surface area contributed by atoms with E-state index in [1.807, 2.05) is 6.07 Å². The molecule has 0 amide bonds. The van der Waals surface area contributed by atoms with Gasteiger partial charge in [-0.15, -0.1) is 11.3 Å². The third-order valence-corrected chi connectivity index (χ3v) is 5.90. The van der Waals surface area contributed by atoms with E-state index >= 15 is 0 Å². The maximum absolute atomic E-state index is 10.3. The highest BCUT2D eigenvalue weighted by Crippen LogP contribution is 2.33. The molecule has 1 aromatic carbocycles. The van der Waals surface area contributed by atoms with Crippen LogP contribution < -0.4 is 4.74 Å². The highest BCUT2D eigenvalue weighted by Gasteiger charge is 2.15. The first kappa shape index (κ1) is 14.1. The van der Waals surface area contributed by atoms with Gasteiger partial charge in [-0.05, 0) is 59.0 Å². The second-order valence-electron chi connectivity index (χ2n) is 5.15. The van der Waals surface area contributed by atoms with Crippen LogP contribution in [0.3, 0.4) is 0 Å². The molecule has 2 aromatic rings. The van der Waals surface area contributed by atoms with Gasteiger partial charge in [0.2, 0.25) is 0 Å². The minimum atomic E-state index is -0.380. The maximum Gasteiger partial charge on any atom is 0.122 e. The molecule has 0 aliphatic carbocycles. The Morgan fingerprint density at radius 2 is 2.25 bits per heavy atom. The zero-order valence-electron chi connectivity index (χ0n) is 11.4. The Morgan fingerprint density at radius 1 is 1.40 bits per heavy atom. The number of fused-ring (bicyclic) bond motifs is 1. The van der Waals surface area contributed by atoms with Gasteiger partial charge in [0.15, 0.2) is 0 Å². The molecular formula is C16H17BrO2S. The van der Waals surface area contributed by atoms with Crippen LogP contribution in [0.4, 0.5) is 0 Å². The second-order valence-corrected chi connectivity index (χ2v) is 7.29. The smallest absolute Gasteiger partial charge is 0.122 e. The van der Waals surface area contributed by atoms with Crippen molar-refractivity contribution in [1.82, 2.24) is 0 Å². The van der Waals surface area contributed by atoms with E-state index in [1.165, 1.54) is 16.0 Å². The normalized spacial score (nSPS) is 14.9. The Morgan fingerprint density at radius 3 is 3.00 bits per heavy atom. The van der Waals surface area contributed by atoms with Gasteiger partial charge in [-0.3, -0.25) is 0 Å². The molecule has 0 bridgehead atoms. The van der Waals surface area contributed by atoms with Crippen molar-refractivity contribution in [2.75, 3.05) is 6.61 Å². The van der Waals surface area contributed by atoms with E-state index in [4.69, 9.17) is 4.74 Å². The number of rotatable bonds is 4. The molecule has 0 spiro atoms. The molecule has 1 aliphatic rings. The Bertz CT molecular complexity index is 601. The molecule has 1 aliphatic heterocycles. The number of hydrogen-bond donors (Lipinski definition) is 1. The van der Waals surface area contributed by atoms with E-state index in [0.717, 1.165) is 41.0 Å². The van der Waals surface area contributed by atoms with Crippen LogP contribution in [0.5, 0.6) is 5.75 Å². The van der Waals surface area contributed by atoms with E-state index in [1.54, 1.807) is 11.3 Å². The first-order chi connectivity index (χ1) is 9.63. The van der Waals surface area contributed by atoms with Crippen molar-refractivity contribution in [2.24, 2.45) is 0 Å². The molecule has 1 aromatic heterocycles. The summed E-state index contributed by atoms with van der Waals surface area (Å²) in [6.45, 7) is 2.86. The third kappa shape index (κ3) is 2.92. The lowest BCUT2D eigenvalue weighted by Crippen LogP contribution is -1.97. The molecule has 0 saturated heterocycles. The van der Waals surface area contributed by atoms with Crippen molar-refractivity contribution in [1.29, 1.82) is 0 Å². The number of hydrogen-bond acceptors (Lipinski definition) is 3. The summed E-state index contributed by atoms with van der Waals surface area (Å²) in [5.41, 5.74) is 2.58. The fourth-order valence-corrected chi connectivity index (χ4v) is 4.07. The third-order valence-electron chi connectivity index (χ3n) is 3.66. The quantitative estimate of drug-likeness (QED) is 0.882. The van der Waals surface area contributed by atoms with Crippen LogP contribution in [0.15, 0.2) is 28.7 Å². The van der Waals surface area contributed by atoms with Crippen LogP contribution in [0.25, 0.3) is 0 Å². The standard InChI is InChI=1S/C16H17BrO2S/c1-10-13(17)9-16(20-10)14(18)4-2-11-3-5-15-12(8-11)6-7-19-15/h3,5,8-9,14,18H,2,4,6-7H2,1H3. The predicted molar refractivity (Wildman–Crippen MR) is 85.7 cm³/mol. The van der Waals surface area contributed by atoms with Gasteiger partial charge >= 0.3 is 0 Å². The SMILES string of the molecule is Cc1sc(C(O)CCc2ccc3c(c2)CCO3)cc1Br. The summed E-state index contributed by atoms with van der Waals surface area (Å²) in [7, 11) is 0. The van der Waals surface area contributed by atoms with Crippen LogP contribution in [0, 0.1) is 6.92 Å². The average molecular weight is 353 g/mol. The molecule has 0 saturated carbocycles. The Kier molecular flexibility index (Phi) is 4.15. The number of aliphatic hydroxyl groups excluding tert-OH is 1.